The molecule has 0 bridgehead atoms. The van der Waals surface area contributed by atoms with Crippen LogP contribution in [0, 0.1) is 0 Å². The predicted molar refractivity (Wildman–Crippen MR) is 58.5 cm³/mol. The Balaban J connectivity index is -0.000000213. The average Bonchev–Trinajstić information content (AvgIpc) is 2.36. The van der Waals surface area contributed by atoms with E-state index in [0.717, 1.165) is 0 Å². The molecule has 4 N–H and O–H groups in total. The zero-order valence-electron chi connectivity index (χ0n) is 8.52. The van der Waals surface area contributed by atoms with Crippen molar-refractivity contribution in [2.45, 2.75) is 0 Å². The number of aromatic nitrogens is 1. The maximum atomic E-state index is 10.2. The van der Waals surface area contributed by atoms with Crippen LogP contribution in [0.2, 0.25) is 0 Å². The number of anilines is 1. The minimum atomic E-state index is -0.639. The van der Waals surface area contributed by atoms with Crippen molar-refractivity contribution in [1.29, 1.82) is 0 Å². The summed E-state index contributed by atoms with van der Waals surface area (Å²) in [5.41, 5.74) is 4.34. The molecule has 14 heavy (non-hydrogen) atoms. The van der Waals surface area contributed by atoms with Crippen molar-refractivity contribution in [2.75, 3.05) is 5.32 Å². The van der Waals surface area contributed by atoms with E-state index >= 15 is 0 Å². The van der Waals surface area contributed by atoms with Crippen LogP contribution in [0.25, 0.3) is 0 Å². The van der Waals surface area contributed by atoms with Gasteiger partial charge in [0.05, 0.1) is 0 Å². The van der Waals surface area contributed by atoms with Crippen molar-refractivity contribution in [3.63, 3.8) is 0 Å². The molecule has 0 saturated heterocycles. The smallest absolute Gasteiger partial charge is 1.00 e. The molecule has 0 unspecified atom stereocenters. The van der Waals surface area contributed by atoms with Crippen molar-refractivity contribution in [3.8, 4) is 0 Å². The molecule has 1 aromatic heterocycles. The van der Waals surface area contributed by atoms with Gasteiger partial charge in [0.2, 0.25) is 0 Å². The summed E-state index contributed by atoms with van der Waals surface area (Å²) in [6, 6.07) is 3.53. The Morgan fingerprint density at radius 1 is 1.50 bits per heavy atom. The van der Waals surface area contributed by atoms with Crippen LogP contribution < -0.4 is 40.6 Å². The van der Waals surface area contributed by atoms with Crippen LogP contribution in [0.3, 0.4) is 0 Å². The summed E-state index contributed by atoms with van der Waals surface area (Å²) >= 11 is 6.62. The van der Waals surface area contributed by atoms with Crippen LogP contribution in [0.4, 0.5) is 15.4 Å². The van der Waals surface area contributed by atoms with E-state index in [2.05, 4.69) is 41.3 Å². The number of thiol groups is 2. The topological polar surface area (TPSA) is 88.0 Å². The van der Waals surface area contributed by atoms with E-state index in [0.29, 0.717) is 5.82 Å². The number of carbonyl (C=O) groups excluding carboxylic acids is 2. The molecule has 0 aliphatic heterocycles. The Kier molecular flexibility index (Phi) is 11.1. The van der Waals surface area contributed by atoms with Crippen LogP contribution >= 0.6 is 25.3 Å². The summed E-state index contributed by atoms with van der Waals surface area (Å²) < 4.78 is 0. The van der Waals surface area contributed by atoms with Gasteiger partial charge < -0.3 is 17.5 Å². The Morgan fingerprint density at radius 2 is 2.00 bits per heavy atom. The fraction of sp³-hybridized carbons (Fsp3) is 0. The molecule has 0 fully saturated rings. The average molecular weight is 243 g/mol. The molecule has 74 valence electrons. The second-order valence-electron chi connectivity index (χ2n) is 1.85. The minimum Gasteiger partial charge on any atom is -1.00 e. The first kappa shape index (κ1) is 16.4. The molecule has 1 rings (SSSR count). The van der Waals surface area contributed by atoms with Crippen molar-refractivity contribution in [1.82, 2.24) is 4.98 Å². The number of rotatable bonds is 1. The fourth-order valence-corrected chi connectivity index (χ4v) is 0.644. The largest absolute Gasteiger partial charge is 1.00 e. The molecule has 1 heterocycles. The van der Waals surface area contributed by atoms with Gasteiger partial charge in [0.15, 0.2) is 0 Å². The third kappa shape index (κ3) is 11.9. The van der Waals surface area contributed by atoms with E-state index in [9.17, 15) is 4.79 Å². The molecule has 0 saturated carbocycles. The number of primary amides is 1. The molecular weight excluding hydrogens is 233 g/mol. The summed E-state index contributed by atoms with van der Waals surface area (Å²) in [5.74, 6) is 0.662. The third-order valence-corrected chi connectivity index (χ3v) is 0.951. The van der Waals surface area contributed by atoms with Crippen LogP contribution in [0.15, 0.2) is 18.3 Å². The van der Waals surface area contributed by atoms with Gasteiger partial charge in [0.25, 0.3) is 10.5 Å². The molecule has 0 aliphatic carbocycles. The Bertz CT molecular complexity index is 280. The standard InChI is InChI=1S/C5H6N2OS.CH3NOS.Na.H/c8-5(9)7-4-2-1-3-6-4;2-1(3)4;;/h1-3,6H,(H2,7,8,9);(H3,2,3,4);;/q;;+1;-1. The third-order valence-electron chi connectivity index (χ3n) is 0.840. The van der Waals surface area contributed by atoms with Crippen LogP contribution in [0.1, 0.15) is 1.43 Å². The number of aromatic amines is 1. The van der Waals surface area contributed by atoms with E-state index in [1.54, 1.807) is 18.3 Å². The first-order chi connectivity index (χ1) is 6.02. The summed E-state index contributed by atoms with van der Waals surface area (Å²) in [5, 5.41) is 1.45. The SMILES string of the molecule is NC(=O)S.O=C(S)Nc1ccc[nH]1.[H-].[Na+]. The second-order valence-corrected chi connectivity index (χ2v) is 2.70. The summed E-state index contributed by atoms with van der Waals surface area (Å²) in [6.45, 7) is 0. The number of amides is 2. The van der Waals surface area contributed by atoms with E-state index in [1.165, 1.54) is 0 Å². The quantitative estimate of drug-likeness (QED) is 0.310. The van der Waals surface area contributed by atoms with Gasteiger partial charge >= 0.3 is 29.6 Å². The Labute approximate surface area is 116 Å². The van der Waals surface area contributed by atoms with Gasteiger partial charge in [-0.1, -0.05) is 25.3 Å². The number of H-pyrrole nitrogens is 1. The predicted octanol–water partition coefficient (Wildman–Crippen LogP) is -1.41. The molecule has 0 radical (unpaired) electrons. The van der Waals surface area contributed by atoms with Gasteiger partial charge in [-0.2, -0.15) is 0 Å². The number of hydrogen-bond donors (Lipinski definition) is 5. The van der Waals surface area contributed by atoms with Gasteiger partial charge in [-0.15, -0.1) is 0 Å². The van der Waals surface area contributed by atoms with E-state index in [4.69, 9.17) is 4.79 Å². The van der Waals surface area contributed by atoms with E-state index in [-0.39, 0.29) is 36.2 Å². The van der Waals surface area contributed by atoms with Crippen LogP contribution in [-0.2, 0) is 0 Å². The molecular formula is C6H10N3NaO2S2. The summed E-state index contributed by atoms with van der Waals surface area (Å²) in [7, 11) is 0. The van der Waals surface area contributed by atoms with E-state index in [1.807, 2.05) is 0 Å². The van der Waals surface area contributed by atoms with Gasteiger partial charge in [-0.25, -0.2) is 0 Å². The molecule has 2 amide bonds. The second kappa shape index (κ2) is 9.47. The molecule has 8 heteroatoms. The maximum Gasteiger partial charge on any atom is 1.00 e. The fourth-order valence-electron chi connectivity index (χ4n) is 0.523. The zero-order valence-corrected chi connectivity index (χ0v) is 11.3. The first-order valence-electron chi connectivity index (χ1n) is 3.14. The van der Waals surface area contributed by atoms with Crippen molar-refractivity contribution < 1.29 is 40.6 Å². The molecule has 0 atom stereocenters. The Hall–Kier alpha value is -0.0800. The van der Waals surface area contributed by atoms with Crippen molar-refractivity contribution >= 4 is 41.6 Å². The van der Waals surface area contributed by atoms with Crippen molar-refractivity contribution in [2.24, 2.45) is 5.73 Å². The Morgan fingerprint density at radius 3 is 2.29 bits per heavy atom. The maximum absolute atomic E-state index is 10.2. The van der Waals surface area contributed by atoms with Gasteiger partial charge in [0.1, 0.15) is 5.82 Å². The summed E-state index contributed by atoms with van der Waals surface area (Å²) in [4.78, 5) is 22.1. The first-order valence-corrected chi connectivity index (χ1v) is 4.03. The number of nitrogens with one attached hydrogen (secondary N) is 2. The normalized spacial score (nSPS) is 7.57. The minimum absolute atomic E-state index is 0. The number of hydrogen-bond acceptors (Lipinski definition) is 2. The zero-order chi connectivity index (χ0) is 10.3. The van der Waals surface area contributed by atoms with E-state index < -0.39 is 5.24 Å². The summed E-state index contributed by atoms with van der Waals surface area (Å²) in [6.07, 6.45) is 1.72. The van der Waals surface area contributed by atoms with Crippen LogP contribution in [-0.4, -0.2) is 15.5 Å². The molecule has 0 aliphatic rings. The molecule has 0 aromatic carbocycles. The molecule has 0 spiro atoms. The van der Waals surface area contributed by atoms with Crippen LogP contribution in [0.5, 0.6) is 0 Å². The molecule has 5 nitrogen and oxygen atoms in total. The van der Waals surface area contributed by atoms with Gasteiger partial charge in [-0.3, -0.25) is 9.59 Å². The van der Waals surface area contributed by atoms with Crippen molar-refractivity contribution in [3.05, 3.63) is 18.3 Å². The van der Waals surface area contributed by atoms with Gasteiger partial charge in [0, 0.05) is 6.20 Å². The van der Waals surface area contributed by atoms with Gasteiger partial charge in [-0.05, 0) is 12.1 Å². The molecule has 1 aromatic rings. The number of carbonyl (C=O) groups is 2. The monoisotopic (exact) mass is 243 g/mol. The number of nitrogens with two attached hydrogens (primary N) is 1.